The summed E-state index contributed by atoms with van der Waals surface area (Å²) in [6.45, 7) is 6.38. The third-order valence-corrected chi connectivity index (χ3v) is 4.28. The number of nitrogen functional groups attached to an aromatic ring is 1. The van der Waals surface area contributed by atoms with Crippen LogP contribution in [0.3, 0.4) is 0 Å². The van der Waals surface area contributed by atoms with Crippen molar-refractivity contribution < 1.29 is 9.00 Å². The third kappa shape index (κ3) is 4.63. The number of nitrogens with one attached hydrogen (secondary N) is 1. The predicted octanol–water partition coefficient (Wildman–Crippen LogP) is 1.32. The number of hydrogen-bond acceptors (Lipinski definition) is 4. The van der Waals surface area contributed by atoms with E-state index in [0.717, 1.165) is 6.42 Å². The SMILES string of the molecule is CC(C)CCNC(=O)C(C)S(=O)c1ncccc1N. The van der Waals surface area contributed by atoms with Gasteiger partial charge >= 0.3 is 0 Å². The van der Waals surface area contributed by atoms with Gasteiger partial charge in [-0.25, -0.2) is 4.98 Å². The second kappa shape index (κ2) is 7.23. The Labute approximate surface area is 116 Å². The summed E-state index contributed by atoms with van der Waals surface area (Å²) in [4.78, 5) is 15.9. The number of carbonyl (C=O) groups is 1. The normalized spacial score (nSPS) is 14.1. The van der Waals surface area contributed by atoms with Crippen LogP contribution >= 0.6 is 0 Å². The summed E-state index contributed by atoms with van der Waals surface area (Å²) >= 11 is 0. The minimum absolute atomic E-state index is 0.232. The van der Waals surface area contributed by atoms with E-state index in [4.69, 9.17) is 5.73 Å². The molecule has 0 bridgehead atoms. The van der Waals surface area contributed by atoms with Crippen molar-refractivity contribution in [2.45, 2.75) is 37.5 Å². The van der Waals surface area contributed by atoms with Crippen molar-refractivity contribution in [1.29, 1.82) is 0 Å². The molecule has 1 amide bonds. The van der Waals surface area contributed by atoms with Gasteiger partial charge in [0, 0.05) is 12.7 Å². The quantitative estimate of drug-likeness (QED) is 0.824. The van der Waals surface area contributed by atoms with Crippen molar-refractivity contribution in [3.63, 3.8) is 0 Å². The molecule has 0 saturated carbocycles. The molecule has 3 N–H and O–H groups in total. The minimum atomic E-state index is -1.53. The van der Waals surface area contributed by atoms with E-state index in [1.807, 2.05) is 0 Å². The topological polar surface area (TPSA) is 85.1 Å². The second-order valence-electron chi connectivity index (χ2n) is 4.81. The zero-order chi connectivity index (χ0) is 14.4. The van der Waals surface area contributed by atoms with E-state index < -0.39 is 16.0 Å². The lowest BCUT2D eigenvalue weighted by atomic mass is 10.1. The molecule has 1 rings (SSSR count). The molecule has 0 spiro atoms. The average molecular weight is 283 g/mol. The Hall–Kier alpha value is -1.43. The van der Waals surface area contributed by atoms with E-state index >= 15 is 0 Å². The Morgan fingerprint density at radius 1 is 1.47 bits per heavy atom. The maximum Gasteiger partial charge on any atom is 0.235 e. The number of nitrogens with zero attached hydrogens (tertiary/aromatic N) is 1. The lowest BCUT2D eigenvalue weighted by Crippen LogP contribution is -2.36. The molecule has 2 atom stereocenters. The maximum absolute atomic E-state index is 12.2. The Bertz CT molecular complexity index is 463. The molecule has 0 aliphatic rings. The zero-order valence-electron chi connectivity index (χ0n) is 11.6. The molecule has 5 nitrogen and oxygen atoms in total. The smallest absolute Gasteiger partial charge is 0.235 e. The molecule has 1 heterocycles. The molecule has 106 valence electrons. The Morgan fingerprint density at radius 2 is 2.16 bits per heavy atom. The molecule has 0 aromatic carbocycles. The van der Waals surface area contributed by atoms with Crippen molar-refractivity contribution in [3.8, 4) is 0 Å². The number of hydrogen-bond donors (Lipinski definition) is 2. The summed E-state index contributed by atoms with van der Waals surface area (Å²) in [6.07, 6.45) is 2.42. The summed E-state index contributed by atoms with van der Waals surface area (Å²) in [5.74, 6) is 0.288. The molecule has 0 saturated heterocycles. The number of carbonyl (C=O) groups excluding carboxylic acids is 1. The summed E-state index contributed by atoms with van der Waals surface area (Å²) in [7, 11) is -1.53. The number of anilines is 1. The zero-order valence-corrected chi connectivity index (χ0v) is 12.4. The van der Waals surface area contributed by atoms with E-state index in [9.17, 15) is 9.00 Å². The number of rotatable bonds is 6. The number of pyridine rings is 1. The molecule has 19 heavy (non-hydrogen) atoms. The van der Waals surface area contributed by atoms with Crippen molar-refractivity contribution in [1.82, 2.24) is 10.3 Å². The van der Waals surface area contributed by atoms with Crippen molar-refractivity contribution in [2.24, 2.45) is 5.92 Å². The highest BCUT2D eigenvalue weighted by Crippen LogP contribution is 2.15. The van der Waals surface area contributed by atoms with Crippen LogP contribution in [0.5, 0.6) is 0 Å². The fourth-order valence-electron chi connectivity index (χ4n) is 1.46. The number of aromatic nitrogens is 1. The predicted molar refractivity (Wildman–Crippen MR) is 77.0 cm³/mol. The average Bonchev–Trinajstić information content (AvgIpc) is 2.37. The van der Waals surface area contributed by atoms with Crippen LogP contribution in [0.25, 0.3) is 0 Å². The van der Waals surface area contributed by atoms with Crippen LogP contribution in [-0.4, -0.2) is 26.9 Å². The van der Waals surface area contributed by atoms with E-state index in [-0.39, 0.29) is 10.9 Å². The van der Waals surface area contributed by atoms with Crippen LogP contribution in [0, 0.1) is 5.92 Å². The van der Waals surface area contributed by atoms with Gasteiger partial charge in [0.2, 0.25) is 5.91 Å². The van der Waals surface area contributed by atoms with Crippen molar-refractivity contribution in [3.05, 3.63) is 18.3 Å². The third-order valence-electron chi connectivity index (χ3n) is 2.70. The Kier molecular flexibility index (Phi) is 5.95. The van der Waals surface area contributed by atoms with Crippen molar-refractivity contribution in [2.75, 3.05) is 12.3 Å². The monoisotopic (exact) mass is 283 g/mol. The molecule has 0 aliphatic heterocycles. The molecular weight excluding hydrogens is 262 g/mol. The summed E-state index contributed by atoms with van der Waals surface area (Å²) in [6, 6.07) is 3.30. The molecule has 1 aromatic rings. The van der Waals surface area contributed by atoms with E-state index in [0.29, 0.717) is 18.2 Å². The first kappa shape index (κ1) is 15.6. The van der Waals surface area contributed by atoms with Crippen LogP contribution in [0.1, 0.15) is 27.2 Å². The molecule has 1 aromatic heterocycles. The fraction of sp³-hybridized carbons (Fsp3) is 0.538. The van der Waals surface area contributed by atoms with Gasteiger partial charge in [-0.1, -0.05) is 13.8 Å². The van der Waals surface area contributed by atoms with Gasteiger partial charge in [0.15, 0.2) is 5.03 Å². The van der Waals surface area contributed by atoms with Gasteiger partial charge in [0.1, 0.15) is 5.25 Å². The van der Waals surface area contributed by atoms with Gasteiger partial charge in [0.05, 0.1) is 16.5 Å². The Morgan fingerprint density at radius 3 is 2.74 bits per heavy atom. The van der Waals surface area contributed by atoms with Gasteiger partial charge in [-0.15, -0.1) is 0 Å². The molecular formula is C13H21N3O2S. The van der Waals surface area contributed by atoms with Gasteiger partial charge in [-0.3, -0.25) is 9.00 Å². The standard InChI is InChI=1S/C13H21N3O2S/c1-9(2)6-8-15-12(17)10(3)19(18)13-11(14)5-4-7-16-13/h4-5,7,9-10H,6,8,14H2,1-3H3,(H,15,17). The fourth-order valence-corrected chi connectivity index (χ4v) is 2.54. The largest absolute Gasteiger partial charge is 0.396 e. The van der Waals surface area contributed by atoms with Gasteiger partial charge in [-0.2, -0.15) is 0 Å². The highest BCUT2D eigenvalue weighted by Gasteiger charge is 2.23. The maximum atomic E-state index is 12.2. The van der Waals surface area contributed by atoms with Gasteiger partial charge < -0.3 is 11.1 Å². The van der Waals surface area contributed by atoms with Crippen LogP contribution < -0.4 is 11.1 Å². The van der Waals surface area contributed by atoms with Gasteiger partial charge in [-0.05, 0) is 31.4 Å². The van der Waals surface area contributed by atoms with Crippen molar-refractivity contribution >= 4 is 22.4 Å². The van der Waals surface area contributed by atoms with Crippen LogP contribution in [0.15, 0.2) is 23.4 Å². The molecule has 0 aliphatic carbocycles. The number of nitrogens with two attached hydrogens (primary N) is 1. The highest BCUT2D eigenvalue weighted by molar-refractivity contribution is 7.86. The lowest BCUT2D eigenvalue weighted by Gasteiger charge is -2.13. The minimum Gasteiger partial charge on any atom is -0.396 e. The molecule has 6 heteroatoms. The molecule has 2 unspecified atom stereocenters. The molecule has 0 fully saturated rings. The van der Waals surface area contributed by atoms with E-state index in [2.05, 4.69) is 24.1 Å². The summed E-state index contributed by atoms with van der Waals surface area (Å²) < 4.78 is 12.2. The van der Waals surface area contributed by atoms with Crippen LogP contribution in [0.2, 0.25) is 0 Å². The van der Waals surface area contributed by atoms with E-state index in [1.54, 1.807) is 19.1 Å². The highest BCUT2D eigenvalue weighted by atomic mass is 32.2. The lowest BCUT2D eigenvalue weighted by molar-refractivity contribution is -0.120. The Balaban J connectivity index is 2.62. The second-order valence-corrected chi connectivity index (χ2v) is 6.50. The molecule has 0 radical (unpaired) electrons. The van der Waals surface area contributed by atoms with Crippen LogP contribution in [0.4, 0.5) is 5.69 Å². The first-order valence-corrected chi connectivity index (χ1v) is 7.53. The summed E-state index contributed by atoms with van der Waals surface area (Å²) in [5.41, 5.74) is 6.06. The first-order valence-electron chi connectivity index (χ1n) is 6.32. The van der Waals surface area contributed by atoms with E-state index in [1.165, 1.54) is 6.20 Å². The number of amides is 1. The summed E-state index contributed by atoms with van der Waals surface area (Å²) in [5, 5.41) is 2.39. The van der Waals surface area contributed by atoms with Gasteiger partial charge in [0.25, 0.3) is 0 Å². The first-order chi connectivity index (χ1) is 8.93. The van der Waals surface area contributed by atoms with Crippen LogP contribution in [-0.2, 0) is 15.6 Å².